The zero-order valence-electron chi connectivity index (χ0n) is 13.8. The molecule has 3 aromatic rings. The third-order valence-electron chi connectivity index (χ3n) is 3.99. The van der Waals surface area contributed by atoms with Gasteiger partial charge in [-0.15, -0.1) is 0 Å². The van der Waals surface area contributed by atoms with Gasteiger partial charge in [0.2, 0.25) is 0 Å². The SMILES string of the molecule is CN(C)c1ccc(C#N)cc1/C=C(\C#N)c1c[nH]c2ccc(Cl)cc12. The lowest BCUT2D eigenvalue weighted by Gasteiger charge is -2.16. The molecule has 25 heavy (non-hydrogen) atoms. The smallest absolute Gasteiger partial charge is 0.0998 e. The summed E-state index contributed by atoms with van der Waals surface area (Å²) in [6.45, 7) is 0. The number of benzene rings is 2. The molecular weight excluding hydrogens is 332 g/mol. The molecular formula is C20H15ClN4. The predicted octanol–water partition coefficient (Wildman–Crippen LogP) is 4.82. The molecule has 0 aliphatic heterocycles. The minimum absolute atomic E-state index is 0.506. The van der Waals surface area contributed by atoms with Gasteiger partial charge in [0.1, 0.15) is 0 Å². The van der Waals surface area contributed by atoms with Gasteiger partial charge in [0.15, 0.2) is 0 Å². The summed E-state index contributed by atoms with van der Waals surface area (Å²) in [6, 6.07) is 15.4. The molecule has 0 aliphatic carbocycles. The Morgan fingerprint density at radius 1 is 1.16 bits per heavy atom. The summed E-state index contributed by atoms with van der Waals surface area (Å²) in [4.78, 5) is 5.11. The number of hydrogen-bond donors (Lipinski definition) is 1. The third kappa shape index (κ3) is 3.21. The van der Waals surface area contributed by atoms with Crippen LogP contribution in [-0.4, -0.2) is 19.1 Å². The van der Waals surface area contributed by atoms with Crippen LogP contribution in [0.15, 0.2) is 42.6 Å². The number of aromatic nitrogens is 1. The van der Waals surface area contributed by atoms with Crippen LogP contribution in [0.25, 0.3) is 22.6 Å². The Hall–Kier alpha value is -3.21. The average molecular weight is 347 g/mol. The molecule has 0 atom stereocenters. The number of allylic oxidation sites excluding steroid dienone is 1. The predicted molar refractivity (Wildman–Crippen MR) is 102 cm³/mol. The second-order valence-electron chi connectivity index (χ2n) is 5.84. The van der Waals surface area contributed by atoms with Gasteiger partial charge in [-0.2, -0.15) is 10.5 Å². The molecule has 0 amide bonds. The third-order valence-corrected chi connectivity index (χ3v) is 4.23. The Balaban J connectivity index is 2.20. The Kier molecular flexibility index (Phi) is 4.48. The highest BCUT2D eigenvalue weighted by molar-refractivity contribution is 6.31. The largest absolute Gasteiger partial charge is 0.377 e. The highest BCUT2D eigenvalue weighted by Crippen LogP contribution is 2.30. The van der Waals surface area contributed by atoms with Gasteiger partial charge in [0.05, 0.1) is 23.3 Å². The van der Waals surface area contributed by atoms with Crippen molar-refractivity contribution in [2.45, 2.75) is 0 Å². The normalized spacial score (nSPS) is 11.2. The number of nitrogens with zero attached hydrogens (tertiary/aromatic N) is 3. The fourth-order valence-electron chi connectivity index (χ4n) is 2.79. The van der Waals surface area contributed by atoms with Gasteiger partial charge in [-0.1, -0.05) is 11.6 Å². The Morgan fingerprint density at radius 2 is 1.96 bits per heavy atom. The highest BCUT2D eigenvalue weighted by atomic mass is 35.5. The maximum atomic E-state index is 9.70. The number of aromatic amines is 1. The van der Waals surface area contributed by atoms with Crippen molar-refractivity contribution in [3.05, 3.63) is 64.3 Å². The van der Waals surface area contributed by atoms with E-state index in [-0.39, 0.29) is 0 Å². The van der Waals surface area contributed by atoms with Gasteiger partial charge < -0.3 is 9.88 Å². The summed E-state index contributed by atoms with van der Waals surface area (Å²) in [5.74, 6) is 0. The molecule has 3 rings (SSSR count). The number of halogens is 1. The number of nitriles is 2. The van der Waals surface area contributed by atoms with Crippen molar-refractivity contribution in [3.63, 3.8) is 0 Å². The summed E-state index contributed by atoms with van der Waals surface area (Å²) in [6.07, 6.45) is 3.61. The summed E-state index contributed by atoms with van der Waals surface area (Å²) in [5.41, 5.74) is 4.51. The maximum absolute atomic E-state index is 9.70. The van der Waals surface area contributed by atoms with Crippen molar-refractivity contribution < 1.29 is 0 Å². The van der Waals surface area contributed by atoms with E-state index in [0.29, 0.717) is 16.2 Å². The van der Waals surface area contributed by atoms with Crippen LogP contribution >= 0.6 is 11.6 Å². The lowest BCUT2D eigenvalue weighted by Crippen LogP contribution is -2.10. The van der Waals surface area contributed by atoms with Gasteiger partial charge in [0, 0.05) is 53.0 Å². The molecule has 0 bridgehead atoms. The van der Waals surface area contributed by atoms with Crippen molar-refractivity contribution in [1.82, 2.24) is 4.98 Å². The summed E-state index contributed by atoms with van der Waals surface area (Å²) >= 11 is 6.10. The number of anilines is 1. The molecule has 1 N–H and O–H groups in total. The zero-order valence-corrected chi connectivity index (χ0v) is 14.6. The molecule has 1 heterocycles. The molecule has 0 radical (unpaired) electrons. The van der Waals surface area contributed by atoms with Crippen molar-refractivity contribution in [2.24, 2.45) is 0 Å². The molecule has 0 saturated heterocycles. The average Bonchev–Trinajstić information content (AvgIpc) is 3.02. The number of rotatable bonds is 3. The first-order chi connectivity index (χ1) is 12.0. The van der Waals surface area contributed by atoms with E-state index in [9.17, 15) is 5.26 Å². The van der Waals surface area contributed by atoms with E-state index >= 15 is 0 Å². The molecule has 2 aromatic carbocycles. The zero-order chi connectivity index (χ0) is 18.0. The molecule has 1 aromatic heterocycles. The van der Waals surface area contributed by atoms with Crippen LogP contribution in [0.3, 0.4) is 0 Å². The number of fused-ring (bicyclic) bond motifs is 1. The van der Waals surface area contributed by atoms with E-state index < -0.39 is 0 Å². The molecule has 0 aliphatic rings. The van der Waals surface area contributed by atoms with Crippen LogP contribution in [0.5, 0.6) is 0 Å². The Bertz CT molecular complexity index is 1060. The summed E-state index contributed by atoms with van der Waals surface area (Å²) in [7, 11) is 3.85. The van der Waals surface area contributed by atoms with Gasteiger partial charge >= 0.3 is 0 Å². The topological polar surface area (TPSA) is 66.6 Å². The van der Waals surface area contributed by atoms with E-state index in [0.717, 1.165) is 27.7 Å². The van der Waals surface area contributed by atoms with Gasteiger partial charge in [-0.05, 0) is 42.5 Å². The Morgan fingerprint density at radius 3 is 2.64 bits per heavy atom. The lowest BCUT2D eigenvalue weighted by molar-refractivity contribution is 1.13. The standard InChI is InChI=1S/C20H15ClN4/c1-25(2)20-6-3-13(10-22)7-14(20)8-15(11-23)18-12-24-19-5-4-16(21)9-17(18)19/h3-9,12,24H,1-2H3/b15-8+. The van der Waals surface area contributed by atoms with Gasteiger partial charge in [-0.25, -0.2) is 0 Å². The van der Waals surface area contributed by atoms with Crippen molar-refractivity contribution in [2.75, 3.05) is 19.0 Å². The molecule has 0 unspecified atom stereocenters. The van der Waals surface area contributed by atoms with Crippen LogP contribution < -0.4 is 4.90 Å². The highest BCUT2D eigenvalue weighted by Gasteiger charge is 2.11. The molecule has 5 heteroatoms. The van der Waals surface area contributed by atoms with Crippen LogP contribution in [-0.2, 0) is 0 Å². The van der Waals surface area contributed by atoms with Crippen LogP contribution in [0, 0.1) is 22.7 Å². The van der Waals surface area contributed by atoms with E-state index in [1.165, 1.54) is 0 Å². The van der Waals surface area contributed by atoms with Gasteiger partial charge in [-0.3, -0.25) is 0 Å². The van der Waals surface area contributed by atoms with Crippen LogP contribution in [0.1, 0.15) is 16.7 Å². The van der Waals surface area contributed by atoms with E-state index in [1.807, 2.05) is 37.2 Å². The number of nitrogens with one attached hydrogen (secondary N) is 1. The molecule has 4 nitrogen and oxygen atoms in total. The fourth-order valence-corrected chi connectivity index (χ4v) is 2.96. The summed E-state index contributed by atoms with van der Waals surface area (Å²) < 4.78 is 0. The first kappa shape index (κ1) is 16.6. The molecule has 0 spiro atoms. The van der Waals surface area contributed by atoms with E-state index in [1.54, 1.807) is 30.5 Å². The summed E-state index contributed by atoms with van der Waals surface area (Å²) in [5, 5.41) is 20.4. The second kappa shape index (κ2) is 6.73. The monoisotopic (exact) mass is 346 g/mol. The number of hydrogen-bond acceptors (Lipinski definition) is 3. The fraction of sp³-hybridized carbons (Fsp3) is 0.100. The van der Waals surface area contributed by atoms with Crippen molar-refractivity contribution in [1.29, 1.82) is 10.5 Å². The van der Waals surface area contributed by atoms with Crippen LogP contribution in [0.4, 0.5) is 5.69 Å². The van der Waals surface area contributed by atoms with Gasteiger partial charge in [0.25, 0.3) is 0 Å². The van der Waals surface area contributed by atoms with E-state index in [4.69, 9.17) is 16.9 Å². The molecule has 0 fully saturated rings. The first-order valence-corrected chi connectivity index (χ1v) is 8.01. The minimum Gasteiger partial charge on any atom is -0.377 e. The number of H-pyrrole nitrogens is 1. The molecule has 0 saturated carbocycles. The second-order valence-corrected chi connectivity index (χ2v) is 6.28. The maximum Gasteiger partial charge on any atom is 0.0998 e. The van der Waals surface area contributed by atoms with Crippen LogP contribution in [0.2, 0.25) is 5.02 Å². The lowest BCUT2D eigenvalue weighted by atomic mass is 10.0. The van der Waals surface area contributed by atoms with Crippen molar-refractivity contribution in [3.8, 4) is 12.1 Å². The quantitative estimate of drug-likeness (QED) is 0.691. The first-order valence-electron chi connectivity index (χ1n) is 7.63. The molecule has 122 valence electrons. The van der Waals surface area contributed by atoms with Crippen molar-refractivity contribution >= 4 is 39.8 Å². The minimum atomic E-state index is 0.506. The van der Waals surface area contributed by atoms with E-state index in [2.05, 4.69) is 17.1 Å². The Labute approximate surface area is 151 Å².